The number of hydrogen-bond acceptors (Lipinski definition) is 16. The van der Waals surface area contributed by atoms with E-state index in [1.807, 2.05) is 89.9 Å². The maximum absolute atomic E-state index is 13.0. The molecular formula is C53H52N16O4S2. The van der Waals surface area contributed by atoms with Crippen molar-refractivity contribution in [3.8, 4) is 44.8 Å². The zero-order valence-corrected chi connectivity index (χ0v) is 42.6. The number of aromatic amines is 1. The second-order valence-corrected chi connectivity index (χ2v) is 23.9. The zero-order chi connectivity index (χ0) is 51.8. The van der Waals surface area contributed by atoms with Crippen molar-refractivity contribution in [2.45, 2.75) is 97.2 Å². The highest BCUT2D eigenvalue weighted by Crippen LogP contribution is 2.48. The minimum atomic E-state index is -3.67. The van der Waals surface area contributed by atoms with Crippen molar-refractivity contribution in [1.29, 1.82) is 0 Å². The van der Waals surface area contributed by atoms with Crippen LogP contribution in [0.25, 0.3) is 61.0 Å². The summed E-state index contributed by atoms with van der Waals surface area (Å²) < 4.78 is 54.7. The lowest BCUT2D eigenvalue weighted by Gasteiger charge is -2.38. The molecule has 0 radical (unpaired) electrons. The number of piperidine rings is 2. The maximum atomic E-state index is 13.0. The van der Waals surface area contributed by atoms with E-state index in [0.29, 0.717) is 35.5 Å². The molecule has 4 aliphatic heterocycles. The Hall–Kier alpha value is -8.29. The number of nitrogen functional groups attached to an aromatic ring is 2. The lowest BCUT2D eigenvalue weighted by Crippen LogP contribution is -2.43. The number of pyridine rings is 2. The van der Waals surface area contributed by atoms with Gasteiger partial charge in [-0.2, -0.15) is 40.8 Å². The summed E-state index contributed by atoms with van der Waals surface area (Å²) in [7, 11) is -7.34. The molecule has 0 amide bonds. The molecule has 0 spiro atoms. The number of sulfone groups is 2. The Morgan fingerprint density at radius 1 is 0.573 bits per heavy atom. The van der Waals surface area contributed by atoms with Gasteiger partial charge in [0.15, 0.2) is 31.0 Å². The van der Waals surface area contributed by atoms with Gasteiger partial charge in [0, 0.05) is 82.2 Å². The van der Waals surface area contributed by atoms with Gasteiger partial charge in [0.1, 0.15) is 27.8 Å². The number of fused-ring (bicyclic) bond motifs is 6. The number of benzene rings is 2. The van der Waals surface area contributed by atoms with Crippen LogP contribution in [0.15, 0.2) is 126 Å². The average molecular weight is 1040 g/mol. The van der Waals surface area contributed by atoms with Crippen molar-refractivity contribution >= 4 is 48.6 Å². The number of hydrogen-bond donors (Lipinski definition) is 3. The smallest absolute Gasteiger partial charge is 0.221 e. The zero-order valence-electron chi connectivity index (χ0n) is 41.0. The highest BCUT2D eigenvalue weighted by Gasteiger charge is 2.47. The Kier molecular flexibility index (Phi) is 11.8. The van der Waals surface area contributed by atoms with Gasteiger partial charge in [-0.1, -0.05) is 72.8 Å². The van der Waals surface area contributed by atoms with Gasteiger partial charge in [-0.3, -0.25) is 9.97 Å². The molecule has 2 unspecified atom stereocenters. The summed E-state index contributed by atoms with van der Waals surface area (Å²) in [5.74, 6) is 0.746. The molecule has 22 heteroatoms. The predicted octanol–water partition coefficient (Wildman–Crippen LogP) is 7.47. The van der Waals surface area contributed by atoms with E-state index in [2.05, 4.69) is 45.2 Å². The van der Waals surface area contributed by atoms with E-state index >= 15 is 0 Å². The predicted molar refractivity (Wildman–Crippen MR) is 283 cm³/mol. The van der Waals surface area contributed by atoms with Crippen molar-refractivity contribution in [3.05, 3.63) is 139 Å². The van der Waals surface area contributed by atoms with E-state index in [9.17, 15) is 16.8 Å². The van der Waals surface area contributed by atoms with Crippen LogP contribution in [0.5, 0.6) is 0 Å². The summed E-state index contributed by atoms with van der Waals surface area (Å²) in [5, 5.41) is 17.7. The van der Waals surface area contributed by atoms with Crippen LogP contribution in [0, 0.1) is 6.57 Å². The van der Waals surface area contributed by atoms with E-state index < -0.39 is 19.7 Å². The molecule has 5 N–H and O–H groups in total. The van der Waals surface area contributed by atoms with Gasteiger partial charge in [0.2, 0.25) is 5.95 Å². The van der Waals surface area contributed by atoms with Crippen LogP contribution in [-0.2, 0) is 19.7 Å². The Balaban J connectivity index is 0.000000152. The van der Waals surface area contributed by atoms with Gasteiger partial charge in [0.25, 0.3) is 0 Å². The second-order valence-electron chi connectivity index (χ2n) is 20.0. The molecule has 0 saturated carbocycles. The van der Waals surface area contributed by atoms with Gasteiger partial charge >= 0.3 is 0 Å². The third kappa shape index (κ3) is 8.54. The number of nitrogens with zero attached hydrogens (tertiary/aromatic N) is 13. The Morgan fingerprint density at radius 2 is 1.01 bits per heavy atom. The quantitative estimate of drug-likeness (QED) is 0.118. The third-order valence-electron chi connectivity index (χ3n) is 15.3. The Labute approximate surface area is 432 Å². The van der Waals surface area contributed by atoms with E-state index in [1.165, 1.54) is 21.6 Å². The molecule has 4 bridgehead atoms. The Morgan fingerprint density at radius 3 is 1.40 bits per heavy atom. The minimum absolute atomic E-state index is 0.0443. The van der Waals surface area contributed by atoms with Crippen LogP contribution >= 0.6 is 0 Å². The molecule has 7 aromatic heterocycles. The van der Waals surface area contributed by atoms with Gasteiger partial charge in [-0.25, -0.2) is 31.9 Å². The highest BCUT2D eigenvalue weighted by molar-refractivity contribution is 7.91. The molecule has 2 aromatic carbocycles. The average Bonchev–Trinajstić information content (AvgIpc) is 4.28. The maximum Gasteiger partial charge on any atom is 0.221 e. The summed E-state index contributed by atoms with van der Waals surface area (Å²) in [6, 6.07) is 28.4. The first kappa shape index (κ1) is 47.7. The first-order valence-electron chi connectivity index (χ1n) is 24.8. The normalized spacial score (nSPS) is 21.3. The fourth-order valence-electron chi connectivity index (χ4n) is 12.0. The summed E-state index contributed by atoms with van der Waals surface area (Å²) in [4.78, 5) is 29.6. The summed E-state index contributed by atoms with van der Waals surface area (Å²) in [6.45, 7) is 7.53. The van der Waals surface area contributed by atoms with E-state index in [1.54, 1.807) is 24.8 Å². The van der Waals surface area contributed by atoms with Crippen LogP contribution in [0.2, 0.25) is 0 Å². The van der Waals surface area contributed by atoms with Crippen LogP contribution in [0.4, 0.5) is 17.6 Å². The third-order valence-corrected chi connectivity index (χ3v) is 17.6. The monoisotopic (exact) mass is 1040 g/mol. The molecule has 4 saturated heterocycles. The molecule has 13 rings (SSSR count). The fraction of sp³-hybridized carbons (Fsp3) is 0.302. The molecule has 380 valence electrons. The number of nitrogens with one attached hydrogen (secondary N) is 1. The van der Waals surface area contributed by atoms with E-state index in [0.717, 1.165) is 95.5 Å². The fourth-order valence-corrected chi connectivity index (χ4v) is 14.1. The van der Waals surface area contributed by atoms with Gasteiger partial charge in [-0.15, -0.1) is 5.01 Å². The van der Waals surface area contributed by atoms with Gasteiger partial charge in [0.05, 0.1) is 47.3 Å². The molecule has 20 nitrogen and oxygen atoms in total. The van der Waals surface area contributed by atoms with Crippen molar-refractivity contribution in [2.24, 2.45) is 0 Å². The van der Waals surface area contributed by atoms with Crippen LogP contribution < -0.4 is 16.4 Å². The number of aromatic nitrogens is 11. The molecule has 0 aliphatic carbocycles. The minimum Gasteiger partial charge on any atom is -0.382 e. The highest BCUT2D eigenvalue weighted by atomic mass is 32.2. The van der Waals surface area contributed by atoms with Gasteiger partial charge in [-0.05, 0) is 63.5 Å². The lowest BCUT2D eigenvalue weighted by molar-refractivity contribution is 0.181. The van der Waals surface area contributed by atoms with E-state index in [4.69, 9.17) is 28.0 Å². The van der Waals surface area contributed by atoms with Gasteiger partial charge < -0.3 is 16.4 Å². The molecule has 4 fully saturated rings. The molecule has 9 aromatic rings. The lowest BCUT2D eigenvalue weighted by atomic mass is 9.88. The van der Waals surface area contributed by atoms with E-state index in [-0.39, 0.29) is 57.4 Å². The number of nitrogens with two attached hydrogens (primary N) is 2. The molecule has 4 aliphatic rings. The SMILES string of the molecule is CS(=O)(=O)c1c(C2C[C@H]3CC[C@@H](C2)N3c2ncn[nH]2)nc2c(-c3ccc(-c4ccccc4)nc3)cnn2c1N.[C-]#[N+]N1[C@@H]2CC[C@H]1CC(c1nc3c(-c4ccc(-c5ccccc5)nc4)cnn3c(N)c1S(C)(=O)=O)C2. The van der Waals surface area contributed by atoms with Crippen molar-refractivity contribution < 1.29 is 16.8 Å². The Bertz CT molecular complexity index is 3860. The summed E-state index contributed by atoms with van der Waals surface area (Å²) >= 11 is 0. The van der Waals surface area contributed by atoms with Crippen molar-refractivity contribution in [2.75, 3.05) is 28.9 Å². The van der Waals surface area contributed by atoms with Crippen molar-refractivity contribution in [3.63, 3.8) is 0 Å². The van der Waals surface area contributed by atoms with Crippen LogP contribution in [0.3, 0.4) is 0 Å². The van der Waals surface area contributed by atoms with Crippen molar-refractivity contribution in [1.82, 2.24) is 59.4 Å². The number of anilines is 3. The van der Waals surface area contributed by atoms with Crippen LogP contribution in [0.1, 0.15) is 74.6 Å². The number of H-pyrrole nitrogens is 1. The standard InChI is InChI=1S/C27H27N9O2S.C26H25N7O2S/c1-39(37,38)24-23(18-11-19-8-9-20(12-18)35(19)27-30-15-31-34-27)33-26-21(14-32-36(26)25(24)28)17-7-10-22(29-13-17)16-5-3-2-4-6-16;1-28-32-19-9-10-20(32)13-18(12-19)23-24(36(2,34)35)25(27)33-26(31-23)21(15-30-33)17-8-11-22(29-14-17)16-6-4-3-5-7-16/h2-7,10,13-15,18-20H,8-9,11-12,28H2,1H3,(H,30,31,34);3-8,11,14-15,18-20H,9-10,12-13,27H2,2H3/t2*18?,19-,20+. The first-order chi connectivity index (χ1) is 36.2. The molecule has 6 atom stereocenters. The van der Waals surface area contributed by atoms with Crippen LogP contribution in [-0.4, -0.2) is 113 Å². The summed E-state index contributed by atoms with van der Waals surface area (Å²) in [5.41, 5.74) is 21.9. The molecule has 11 heterocycles. The second kappa shape index (κ2) is 18.6. The summed E-state index contributed by atoms with van der Waals surface area (Å²) in [6.07, 6.45) is 17.5. The molecular weight excluding hydrogens is 989 g/mol. The number of rotatable bonds is 9. The molecule has 75 heavy (non-hydrogen) atoms. The largest absolute Gasteiger partial charge is 0.382 e. The topological polar surface area (TPSA) is 259 Å². The first-order valence-corrected chi connectivity index (χ1v) is 28.6.